The van der Waals surface area contributed by atoms with E-state index in [-0.39, 0.29) is 5.68 Å². The normalized spacial score (nSPS) is 16.0. The van der Waals surface area contributed by atoms with Gasteiger partial charge in [0, 0.05) is 12.0 Å². The highest BCUT2D eigenvalue weighted by molar-refractivity contribution is 5.95. The van der Waals surface area contributed by atoms with Gasteiger partial charge in [0.15, 0.2) is 0 Å². The quantitative estimate of drug-likeness (QED) is 0.748. The smallest absolute Gasteiger partial charge is 0.407 e. The molecule has 0 saturated heterocycles. The van der Waals surface area contributed by atoms with E-state index in [4.69, 9.17) is 4.42 Å². The molecule has 0 radical (unpaired) electrons. The molecule has 1 aliphatic carbocycles. The van der Waals surface area contributed by atoms with Gasteiger partial charge in [-0.05, 0) is 37.0 Å². The highest BCUT2D eigenvalue weighted by Crippen LogP contribution is 2.31. The third-order valence-electron chi connectivity index (χ3n) is 4.11. The molecular weight excluding hydrogens is 366 g/mol. The maximum absolute atomic E-state index is 13.9. The van der Waals surface area contributed by atoms with Gasteiger partial charge in [-0.15, -0.1) is 5.10 Å². The van der Waals surface area contributed by atoms with Gasteiger partial charge in [-0.3, -0.25) is 4.79 Å². The van der Waals surface area contributed by atoms with E-state index in [2.05, 4.69) is 10.1 Å². The molecule has 1 aliphatic rings. The fourth-order valence-electron chi connectivity index (χ4n) is 2.37. The Kier molecular flexibility index (Phi) is 4.73. The lowest BCUT2D eigenvalue weighted by Gasteiger charge is -2.10. The minimum Gasteiger partial charge on any atom is -0.407 e. The van der Waals surface area contributed by atoms with E-state index in [1.807, 2.05) is 20.8 Å². The summed E-state index contributed by atoms with van der Waals surface area (Å²) >= 11 is 0. The average Bonchev–Trinajstić information content (AvgIpc) is 3.26. The molecule has 1 aromatic carbocycles. The summed E-state index contributed by atoms with van der Waals surface area (Å²) in [5, 5.41) is 4.32. The second-order valence-electron chi connectivity index (χ2n) is 7.67. The van der Waals surface area contributed by atoms with Crippen LogP contribution in [0.2, 0.25) is 0 Å². The first kappa shape index (κ1) is 19.3. The standard InChI is InChI=1S/C18H19F4N3O2/c1-17(2,3)15-24-25(9-10-4-5-10)16(27-15)23-14(26)12-8-11(18(20,21)22)6-7-13(12)19/h6-8,10H,4-5,9H2,1-3H3/b23-16-. The van der Waals surface area contributed by atoms with Crippen LogP contribution < -0.4 is 5.68 Å². The van der Waals surface area contributed by atoms with Crippen LogP contribution in [-0.4, -0.2) is 15.7 Å². The summed E-state index contributed by atoms with van der Waals surface area (Å²) in [5.74, 6) is -1.51. The second-order valence-corrected chi connectivity index (χ2v) is 7.67. The largest absolute Gasteiger partial charge is 0.416 e. The van der Waals surface area contributed by atoms with Crippen LogP contribution in [-0.2, 0) is 18.1 Å². The van der Waals surface area contributed by atoms with Gasteiger partial charge < -0.3 is 4.42 Å². The number of aromatic nitrogens is 2. The van der Waals surface area contributed by atoms with Crippen molar-refractivity contribution in [3.63, 3.8) is 0 Å². The van der Waals surface area contributed by atoms with Crippen molar-refractivity contribution in [1.29, 1.82) is 0 Å². The van der Waals surface area contributed by atoms with E-state index in [9.17, 15) is 22.4 Å². The van der Waals surface area contributed by atoms with Crippen LogP contribution in [0.5, 0.6) is 0 Å². The molecular formula is C18H19F4N3O2. The first-order valence-electron chi connectivity index (χ1n) is 8.49. The number of carbonyl (C=O) groups excluding carboxylic acids is 1. The summed E-state index contributed by atoms with van der Waals surface area (Å²) in [7, 11) is 0. The number of rotatable bonds is 3. The molecule has 146 valence electrons. The van der Waals surface area contributed by atoms with E-state index >= 15 is 0 Å². The van der Waals surface area contributed by atoms with Crippen LogP contribution >= 0.6 is 0 Å². The van der Waals surface area contributed by atoms with Crippen LogP contribution in [0.15, 0.2) is 27.6 Å². The molecule has 1 saturated carbocycles. The predicted molar refractivity (Wildman–Crippen MR) is 87.2 cm³/mol. The molecule has 2 aromatic rings. The Labute approximate surface area is 152 Å². The van der Waals surface area contributed by atoms with Gasteiger partial charge in [0.1, 0.15) is 5.82 Å². The van der Waals surface area contributed by atoms with Crippen molar-refractivity contribution in [3.8, 4) is 0 Å². The molecule has 27 heavy (non-hydrogen) atoms. The molecule has 3 rings (SSSR count). The molecule has 5 nitrogen and oxygen atoms in total. The highest BCUT2D eigenvalue weighted by atomic mass is 19.4. The van der Waals surface area contributed by atoms with Gasteiger partial charge in [0.25, 0.3) is 5.91 Å². The Morgan fingerprint density at radius 1 is 1.30 bits per heavy atom. The minimum atomic E-state index is -4.69. The molecule has 1 aromatic heterocycles. The van der Waals surface area contributed by atoms with Crippen LogP contribution in [0.4, 0.5) is 17.6 Å². The maximum Gasteiger partial charge on any atom is 0.416 e. The SMILES string of the molecule is CC(C)(C)c1nn(CC2CC2)/c(=N/C(=O)c2cc(C(F)(F)F)ccc2F)o1. The number of carbonyl (C=O) groups is 1. The van der Waals surface area contributed by atoms with E-state index < -0.39 is 34.4 Å². The minimum absolute atomic E-state index is 0.145. The van der Waals surface area contributed by atoms with Crippen molar-refractivity contribution in [1.82, 2.24) is 9.78 Å². The zero-order chi connectivity index (χ0) is 20.0. The van der Waals surface area contributed by atoms with Crippen molar-refractivity contribution in [2.24, 2.45) is 10.9 Å². The molecule has 1 heterocycles. The van der Waals surface area contributed by atoms with Gasteiger partial charge in [-0.2, -0.15) is 18.2 Å². The monoisotopic (exact) mass is 385 g/mol. The number of hydrogen-bond acceptors (Lipinski definition) is 3. The number of benzene rings is 1. The summed E-state index contributed by atoms with van der Waals surface area (Å²) in [4.78, 5) is 16.1. The van der Waals surface area contributed by atoms with Gasteiger partial charge >= 0.3 is 11.9 Å². The summed E-state index contributed by atoms with van der Waals surface area (Å²) in [6, 6.07) is 1.63. The zero-order valence-electron chi connectivity index (χ0n) is 15.1. The zero-order valence-corrected chi connectivity index (χ0v) is 15.1. The molecule has 9 heteroatoms. The van der Waals surface area contributed by atoms with E-state index in [1.54, 1.807) is 0 Å². The lowest BCUT2D eigenvalue weighted by Crippen LogP contribution is -2.21. The van der Waals surface area contributed by atoms with Crippen molar-refractivity contribution < 1.29 is 26.8 Å². The van der Waals surface area contributed by atoms with Gasteiger partial charge in [0.05, 0.1) is 11.1 Å². The maximum atomic E-state index is 13.9. The Bertz CT molecular complexity index is 931. The third-order valence-corrected chi connectivity index (χ3v) is 4.11. The molecule has 1 amide bonds. The predicted octanol–water partition coefficient (Wildman–Crippen LogP) is 4.08. The number of alkyl halides is 3. The Morgan fingerprint density at radius 2 is 1.96 bits per heavy atom. The fraction of sp³-hybridized carbons (Fsp3) is 0.500. The molecule has 0 unspecified atom stereocenters. The average molecular weight is 385 g/mol. The van der Waals surface area contributed by atoms with Crippen LogP contribution in [0.1, 0.15) is 55.4 Å². The van der Waals surface area contributed by atoms with Crippen molar-refractivity contribution in [2.75, 3.05) is 0 Å². The van der Waals surface area contributed by atoms with Gasteiger partial charge in [0.2, 0.25) is 5.89 Å². The third kappa shape index (κ3) is 4.45. The number of amides is 1. The summed E-state index contributed by atoms with van der Waals surface area (Å²) in [5.41, 5.74) is -2.49. The molecule has 0 aliphatic heterocycles. The lowest BCUT2D eigenvalue weighted by molar-refractivity contribution is -0.137. The van der Waals surface area contributed by atoms with Gasteiger partial charge in [-0.1, -0.05) is 20.8 Å². The lowest BCUT2D eigenvalue weighted by atomic mass is 9.97. The summed E-state index contributed by atoms with van der Waals surface area (Å²) in [6.45, 7) is 6.06. The first-order valence-corrected chi connectivity index (χ1v) is 8.49. The summed E-state index contributed by atoms with van der Waals surface area (Å²) < 4.78 is 59.4. The molecule has 0 spiro atoms. The molecule has 0 bridgehead atoms. The van der Waals surface area contributed by atoms with Crippen molar-refractivity contribution >= 4 is 5.91 Å². The van der Waals surface area contributed by atoms with Crippen LogP contribution in [0, 0.1) is 11.7 Å². The Morgan fingerprint density at radius 3 is 2.52 bits per heavy atom. The van der Waals surface area contributed by atoms with E-state index in [1.165, 1.54) is 4.68 Å². The first-order chi connectivity index (χ1) is 12.4. The number of nitrogens with zero attached hydrogens (tertiary/aromatic N) is 3. The molecule has 0 N–H and O–H groups in total. The Balaban J connectivity index is 2.03. The fourth-order valence-corrected chi connectivity index (χ4v) is 2.37. The molecule has 0 atom stereocenters. The topological polar surface area (TPSA) is 60.4 Å². The van der Waals surface area contributed by atoms with Crippen LogP contribution in [0.25, 0.3) is 0 Å². The summed E-state index contributed by atoms with van der Waals surface area (Å²) in [6.07, 6.45) is -2.67. The number of hydrogen-bond donors (Lipinski definition) is 0. The second kappa shape index (κ2) is 6.61. The molecule has 1 fully saturated rings. The number of halogens is 4. The van der Waals surface area contributed by atoms with Gasteiger partial charge in [-0.25, -0.2) is 9.07 Å². The van der Waals surface area contributed by atoms with Crippen LogP contribution in [0.3, 0.4) is 0 Å². The van der Waals surface area contributed by atoms with E-state index in [0.717, 1.165) is 12.8 Å². The highest BCUT2D eigenvalue weighted by Gasteiger charge is 2.32. The van der Waals surface area contributed by atoms with E-state index in [0.29, 0.717) is 36.6 Å². The van der Waals surface area contributed by atoms with Crippen molar-refractivity contribution in [3.05, 3.63) is 46.7 Å². The Hall–Kier alpha value is -2.45. The van der Waals surface area contributed by atoms with Crippen molar-refractivity contribution in [2.45, 2.75) is 51.7 Å².